The Morgan fingerprint density at radius 2 is 2.22 bits per heavy atom. The van der Waals surface area contributed by atoms with Gasteiger partial charge in [-0.1, -0.05) is 11.3 Å². The first-order valence-corrected chi connectivity index (χ1v) is 6.42. The first-order chi connectivity index (χ1) is 8.69. The summed E-state index contributed by atoms with van der Waals surface area (Å²) in [7, 11) is 0. The van der Waals surface area contributed by atoms with Gasteiger partial charge < -0.3 is 5.11 Å². The summed E-state index contributed by atoms with van der Waals surface area (Å²) in [5.41, 5.74) is 1.80. The molecule has 0 atom stereocenters. The van der Waals surface area contributed by atoms with Gasteiger partial charge in [0.1, 0.15) is 5.82 Å². The Hall–Kier alpha value is -1.27. The zero-order chi connectivity index (χ0) is 13.0. The highest BCUT2D eigenvalue weighted by molar-refractivity contribution is 9.10. The first-order valence-electron chi connectivity index (χ1n) is 5.63. The van der Waals surface area contributed by atoms with Gasteiger partial charge in [-0.05, 0) is 46.5 Å². The number of hydrogen-bond acceptors (Lipinski definition) is 3. The molecule has 4 nitrogen and oxygen atoms in total. The molecule has 6 heteroatoms. The zero-order valence-corrected chi connectivity index (χ0v) is 11.3. The summed E-state index contributed by atoms with van der Waals surface area (Å²) in [6, 6.07) is 4.86. The van der Waals surface area contributed by atoms with Crippen molar-refractivity contribution < 1.29 is 9.50 Å². The van der Waals surface area contributed by atoms with Crippen LogP contribution in [-0.4, -0.2) is 26.7 Å². The van der Waals surface area contributed by atoms with Gasteiger partial charge in [0.05, 0.1) is 16.7 Å². The summed E-state index contributed by atoms with van der Waals surface area (Å²) in [5, 5.41) is 16.7. The van der Waals surface area contributed by atoms with Crippen LogP contribution in [0, 0.1) is 5.82 Å². The SMILES string of the molecule is OCCCc1cn(Cc2ccc(F)c(Br)c2)nn1. The summed E-state index contributed by atoms with van der Waals surface area (Å²) in [5.74, 6) is -0.277. The van der Waals surface area contributed by atoms with Crippen molar-refractivity contribution in [2.75, 3.05) is 6.61 Å². The minimum absolute atomic E-state index is 0.151. The molecule has 0 unspecified atom stereocenters. The molecular weight excluding hydrogens is 301 g/mol. The molecule has 1 N–H and O–H groups in total. The van der Waals surface area contributed by atoms with E-state index < -0.39 is 0 Å². The van der Waals surface area contributed by atoms with E-state index in [0.717, 1.165) is 11.3 Å². The molecule has 0 aliphatic carbocycles. The van der Waals surface area contributed by atoms with E-state index in [1.54, 1.807) is 16.8 Å². The van der Waals surface area contributed by atoms with Gasteiger partial charge in [-0.25, -0.2) is 9.07 Å². The standard InChI is InChI=1S/C12H13BrFN3O/c13-11-6-9(3-4-12(11)14)7-17-8-10(15-16-17)2-1-5-18/h3-4,6,8,18H,1-2,5,7H2. The van der Waals surface area contributed by atoms with Crippen LogP contribution < -0.4 is 0 Å². The molecule has 1 aromatic carbocycles. The second-order valence-corrected chi connectivity index (χ2v) is 4.84. The highest BCUT2D eigenvalue weighted by Crippen LogP contribution is 2.17. The Balaban J connectivity index is 2.04. The van der Waals surface area contributed by atoms with E-state index >= 15 is 0 Å². The molecule has 0 aliphatic heterocycles. The third-order valence-corrected chi connectivity index (χ3v) is 3.11. The Morgan fingerprint density at radius 3 is 2.94 bits per heavy atom. The molecule has 0 amide bonds. The molecule has 0 radical (unpaired) electrons. The maximum absolute atomic E-state index is 13.1. The number of aryl methyl sites for hydroxylation is 1. The smallest absolute Gasteiger partial charge is 0.137 e. The lowest BCUT2D eigenvalue weighted by molar-refractivity contribution is 0.288. The monoisotopic (exact) mass is 313 g/mol. The van der Waals surface area contributed by atoms with Crippen LogP contribution in [0.1, 0.15) is 17.7 Å². The normalized spacial score (nSPS) is 10.8. The second kappa shape index (κ2) is 6.06. The zero-order valence-electron chi connectivity index (χ0n) is 9.68. The lowest BCUT2D eigenvalue weighted by atomic mass is 10.2. The van der Waals surface area contributed by atoms with Gasteiger partial charge in [0.15, 0.2) is 0 Å². The van der Waals surface area contributed by atoms with Gasteiger partial charge in [-0.3, -0.25) is 0 Å². The molecule has 1 aromatic heterocycles. The molecule has 2 aromatic rings. The summed E-state index contributed by atoms with van der Waals surface area (Å²) in [6.45, 7) is 0.697. The lowest BCUT2D eigenvalue weighted by Crippen LogP contribution is -2.00. The van der Waals surface area contributed by atoms with Crippen molar-refractivity contribution in [3.63, 3.8) is 0 Å². The van der Waals surface area contributed by atoms with Crippen LogP contribution in [-0.2, 0) is 13.0 Å². The van der Waals surface area contributed by atoms with Gasteiger partial charge in [0.25, 0.3) is 0 Å². The summed E-state index contributed by atoms with van der Waals surface area (Å²) < 4.78 is 15.2. The predicted octanol–water partition coefficient (Wildman–Crippen LogP) is 2.15. The number of halogens is 2. The quantitative estimate of drug-likeness (QED) is 0.920. The van der Waals surface area contributed by atoms with E-state index in [2.05, 4.69) is 26.2 Å². The van der Waals surface area contributed by atoms with Gasteiger partial charge in [0.2, 0.25) is 0 Å². The number of aliphatic hydroxyl groups excluding tert-OH is 1. The molecule has 0 spiro atoms. The van der Waals surface area contributed by atoms with E-state index in [0.29, 0.717) is 23.9 Å². The summed E-state index contributed by atoms with van der Waals surface area (Å²) in [4.78, 5) is 0. The van der Waals surface area contributed by atoms with Crippen LogP contribution in [0.25, 0.3) is 0 Å². The van der Waals surface area contributed by atoms with Crippen molar-refractivity contribution in [3.05, 3.63) is 45.9 Å². The number of benzene rings is 1. The second-order valence-electron chi connectivity index (χ2n) is 3.98. The third kappa shape index (κ3) is 3.36. The Morgan fingerprint density at radius 1 is 1.39 bits per heavy atom. The minimum Gasteiger partial charge on any atom is -0.396 e. The average molecular weight is 314 g/mol. The van der Waals surface area contributed by atoms with Crippen molar-refractivity contribution in [3.8, 4) is 0 Å². The molecule has 0 fully saturated rings. The van der Waals surface area contributed by atoms with E-state index in [-0.39, 0.29) is 12.4 Å². The molecule has 0 aliphatic rings. The van der Waals surface area contributed by atoms with Crippen LogP contribution in [0.4, 0.5) is 4.39 Å². The summed E-state index contributed by atoms with van der Waals surface area (Å²) in [6.07, 6.45) is 3.23. The van der Waals surface area contributed by atoms with Crippen molar-refractivity contribution in [1.82, 2.24) is 15.0 Å². The highest BCUT2D eigenvalue weighted by Gasteiger charge is 2.04. The lowest BCUT2D eigenvalue weighted by Gasteiger charge is -2.02. The van der Waals surface area contributed by atoms with Gasteiger partial charge >= 0.3 is 0 Å². The van der Waals surface area contributed by atoms with Crippen molar-refractivity contribution in [2.45, 2.75) is 19.4 Å². The molecule has 18 heavy (non-hydrogen) atoms. The molecule has 0 bridgehead atoms. The fraction of sp³-hybridized carbons (Fsp3) is 0.333. The Kier molecular flexibility index (Phi) is 4.43. The fourth-order valence-corrected chi connectivity index (χ4v) is 2.04. The molecule has 0 saturated carbocycles. The fourth-order valence-electron chi connectivity index (χ4n) is 1.62. The predicted molar refractivity (Wildman–Crippen MR) is 68.6 cm³/mol. The molecule has 2 rings (SSSR count). The molecule has 96 valence electrons. The van der Waals surface area contributed by atoms with Crippen molar-refractivity contribution in [2.24, 2.45) is 0 Å². The van der Waals surface area contributed by atoms with Crippen LogP contribution in [0.3, 0.4) is 0 Å². The number of aliphatic hydroxyl groups is 1. The Bertz CT molecular complexity index is 530. The largest absolute Gasteiger partial charge is 0.396 e. The average Bonchev–Trinajstić information content (AvgIpc) is 2.79. The van der Waals surface area contributed by atoms with E-state index in [4.69, 9.17) is 5.11 Å². The van der Waals surface area contributed by atoms with Crippen LogP contribution in [0.2, 0.25) is 0 Å². The topological polar surface area (TPSA) is 50.9 Å². The van der Waals surface area contributed by atoms with Gasteiger partial charge in [-0.15, -0.1) is 5.10 Å². The van der Waals surface area contributed by atoms with Crippen LogP contribution in [0.15, 0.2) is 28.9 Å². The van der Waals surface area contributed by atoms with Crippen LogP contribution >= 0.6 is 15.9 Å². The number of nitrogens with zero attached hydrogens (tertiary/aromatic N) is 3. The first kappa shape index (κ1) is 13.2. The number of aromatic nitrogens is 3. The third-order valence-electron chi connectivity index (χ3n) is 2.51. The maximum Gasteiger partial charge on any atom is 0.137 e. The maximum atomic E-state index is 13.1. The minimum atomic E-state index is -0.277. The number of hydrogen-bond donors (Lipinski definition) is 1. The molecule has 0 saturated heterocycles. The van der Waals surface area contributed by atoms with Crippen LogP contribution in [0.5, 0.6) is 0 Å². The van der Waals surface area contributed by atoms with E-state index in [9.17, 15) is 4.39 Å². The molecule has 1 heterocycles. The summed E-state index contributed by atoms with van der Waals surface area (Å²) >= 11 is 3.15. The highest BCUT2D eigenvalue weighted by atomic mass is 79.9. The van der Waals surface area contributed by atoms with Crippen molar-refractivity contribution in [1.29, 1.82) is 0 Å². The van der Waals surface area contributed by atoms with E-state index in [1.165, 1.54) is 6.07 Å². The molecular formula is C12H13BrFN3O. The van der Waals surface area contributed by atoms with E-state index in [1.807, 2.05) is 6.20 Å². The van der Waals surface area contributed by atoms with Gasteiger partial charge in [-0.2, -0.15) is 0 Å². The van der Waals surface area contributed by atoms with Crippen molar-refractivity contribution >= 4 is 15.9 Å². The number of rotatable bonds is 5. The Labute approximate surface area is 113 Å². The van der Waals surface area contributed by atoms with Gasteiger partial charge in [0, 0.05) is 12.8 Å².